The molecule has 0 saturated heterocycles. The number of carboxylic acids is 2. The van der Waals surface area contributed by atoms with Crippen LogP contribution in [-0.2, 0) is 14.3 Å². The van der Waals surface area contributed by atoms with Crippen molar-refractivity contribution in [2.45, 2.75) is 24.4 Å². The lowest BCUT2D eigenvalue weighted by Gasteiger charge is -2.23. The lowest BCUT2D eigenvalue weighted by Crippen LogP contribution is -2.45. The zero-order valence-corrected chi connectivity index (χ0v) is 8.89. The van der Waals surface area contributed by atoms with Gasteiger partial charge in [0.2, 0.25) is 0 Å². The highest BCUT2D eigenvalue weighted by Gasteiger charge is 2.34. The Hall–Kier alpha value is -1.70. The Kier molecular flexibility index (Phi) is 6.11. The van der Waals surface area contributed by atoms with Crippen molar-refractivity contribution < 1.29 is 34.8 Å². The van der Waals surface area contributed by atoms with Gasteiger partial charge < -0.3 is 25.2 Å². The minimum atomic E-state index is -1.83. The fraction of sp³-hybridized carbons (Fsp3) is 0.400. The van der Waals surface area contributed by atoms with Crippen LogP contribution >= 0.6 is 0 Å². The van der Waals surface area contributed by atoms with Gasteiger partial charge in [0, 0.05) is 0 Å². The molecule has 7 heteroatoms. The molecule has 0 fully saturated rings. The predicted octanol–water partition coefficient (Wildman–Crippen LogP) is -0.997. The van der Waals surface area contributed by atoms with Gasteiger partial charge in [0.1, 0.15) is 12.2 Å². The van der Waals surface area contributed by atoms with Crippen LogP contribution < -0.4 is 0 Å². The Morgan fingerprint density at radius 1 is 0.941 bits per heavy atom. The van der Waals surface area contributed by atoms with E-state index >= 15 is 0 Å². The molecule has 96 valence electrons. The molecule has 0 bridgehead atoms. The molecular formula is C10H14O7. The van der Waals surface area contributed by atoms with Crippen LogP contribution in [0.3, 0.4) is 0 Å². The summed E-state index contributed by atoms with van der Waals surface area (Å²) in [4.78, 5) is 21.5. The Morgan fingerprint density at radius 3 is 1.41 bits per heavy atom. The van der Waals surface area contributed by atoms with E-state index in [4.69, 9.17) is 10.2 Å². The summed E-state index contributed by atoms with van der Waals surface area (Å²) in [7, 11) is 0. The maximum absolute atomic E-state index is 10.7. The molecule has 0 aromatic heterocycles. The van der Waals surface area contributed by atoms with Gasteiger partial charge in [0.05, 0.1) is 0 Å². The number of carboxylic acid groups (broad SMARTS) is 2. The summed E-state index contributed by atoms with van der Waals surface area (Å²) in [6.45, 7) is 6.32. The molecule has 0 aromatic carbocycles. The van der Waals surface area contributed by atoms with Gasteiger partial charge in [-0.05, 0) is 0 Å². The number of hydrogen-bond acceptors (Lipinski definition) is 5. The molecular weight excluding hydrogens is 232 g/mol. The maximum Gasteiger partial charge on any atom is 0.335 e. The van der Waals surface area contributed by atoms with E-state index in [-0.39, 0.29) is 0 Å². The molecule has 0 heterocycles. The third-order valence-corrected chi connectivity index (χ3v) is 1.88. The highest BCUT2D eigenvalue weighted by molar-refractivity contribution is 5.76. The van der Waals surface area contributed by atoms with Crippen molar-refractivity contribution in [3.8, 4) is 0 Å². The van der Waals surface area contributed by atoms with Crippen LogP contribution in [0.2, 0.25) is 0 Å². The molecule has 0 aliphatic heterocycles. The second kappa shape index (κ2) is 6.79. The third kappa shape index (κ3) is 4.35. The van der Waals surface area contributed by atoms with Crippen LogP contribution in [0.15, 0.2) is 25.3 Å². The van der Waals surface area contributed by atoms with Gasteiger partial charge in [0.15, 0.2) is 12.2 Å². The molecule has 7 nitrogen and oxygen atoms in total. The van der Waals surface area contributed by atoms with Gasteiger partial charge in [-0.3, -0.25) is 0 Å². The predicted molar refractivity (Wildman–Crippen MR) is 56.3 cm³/mol. The molecule has 0 aliphatic rings. The first-order valence-corrected chi connectivity index (χ1v) is 4.57. The number of aliphatic hydroxyl groups is 2. The first-order chi connectivity index (χ1) is 7.84. The van der Waals surface area contributed by atoms with Gasteiger partial charge in [-0.25, -0.2) is 9.59 Å². The molecule has 0 amide bonds. The largest absolute Gasteiger partial charge is 0.479 e. The van der Waals surface area contributed by atoms with Crippen molar-refractivity contribution in [2.75, 3.05) is 0 Å². The van der Waals surface area contributed by atoms with Crippen molar-refractivity contribution in [3.05, 3.63) is 25.3 Å². The summed E-state index contributed by atoms with van der Waals surface area (Å²) < 4.78 is 4.64. The fourth-order valence-electron chi connectivity index (χ4n) is 0.975. The SMILES string of the molecule is C=CC(O)C(OC(C(=O)O)C(O)C=C)C(=O)O. The number of aliphatic carboxylic acids is 2. The standard InChI is InChI=1S/C10H14O7/c1-3-5(11)7(9(13)14)17-8(10(15)16)6(12)4-2/h3-8,11-12H,1-2H2,(H,13,14)(H,15,16). The van der Waals surface area contributed by atoms with E-state index in [0.29, 0.717) is 0 Å². The topological polar surface area (TPSA) is 124 Å². The van der Waals surface area contributed by atoms with E-state index in [1.165, 1.54) is 0 Å². The summed E-state index contributed by atoms with van der Waals surface area (Å²) in [5.74, 6) is -3.14. The molecule has 0 rings (SSSR count). The van der Waals surface area contributed by atoms with E-state index in [1.807, 2.05) is 0 Å². The van der Waals surface area contributed by atoms with Gasteiger partial charge in [-0.15, -0.1) is 13.2 Å². The smallest absolute Gasteiger partial charge is 0.335 e. The number of hydrogen-bond donors (Lipinski definition) is 4. The van der Waals surface area contributed by atoms with Crippen molar-refractivity contribution >= 4 is 11.9 Å². The lowest BCUT2D eigenvalue weighted by molar-refractivity contribution is -0.177. The maximum atomic E-state index is 10.7. The Morgan fingerprint density at radius 2 is 1.24 bits per heavy atom. The summed E-state index contributed by atoms with van der Waals surface area (Å²) in [6, 6.07) is 0. The monoisotopic (exact) mass is 246 g/mol. The number of aliphatic hydroxyl groups excluding tert-OH is 2. The quantitative estimate of drug-likeness (QED) is 0.405. The van der Waals surface area contributed by atoms with E-state index in [1.54, 1.807) is 0 Å². The second-order valence-electron chi connectivity index (χ2n) is 3.11. The van der Waals surface area contributed by atoms with E-state index in [0.717, 1.165) is 12.2 Å². The van der Waals surface area contributed by atoms with E-state index in [2.05, 4.69) is 17.9 Å². The van der Waals surface area contributed by atoms with Crippen molar-refractivity contribution in [2.24, 2.45) is 0 Å². The summed E-state index contributed by atoms with van der Waals surface area (Å²) >= 11 is 0. The highest BCUT2D eigenvalue weighted by atomic mass is 16.6. The van der Waals surface area contributed by atoms with Crippen molar-refractivity contribution in [1.29, 1.82) is 0 Å². The van der Waals surface area contributed by atoms with Crippen LogP contribution in [0.4, 0.5) is 0 Å². The zero-order valence-electron chi connectivity index (χ0n) is 8.89. The number of carbonyl (C=O) groups is 2. The summed E-state index contributed by atoms with van der Waals surface area (Å²) in [5, 5.41) is 36.0. The number of rotatable bonds is 8. The molecule has 0 aliphatic carbocycles. The van der Waals surface area contributed by atoms with E-state index in [9.17, 15) is 19.8 Å². The van der Waals surface area contributed by atoms with Crippen molar-refractivity contribution in [3.63, 3.8) is 0 Å². The molecule has 0 spiro atoms. The minimum Gasteiger partial charge on any atom is -0.479 e. The second-order valence-corrected chi connectivity index (χ2v) is 3.11. The van der Waals surface area contributed by atoms with Crippen LogP contribution in [0, 0.1) is 0 Å². The summed E-state index contributed by atoms with van der Waals surface area (Å²) in [5.41, 5.74) is 0. The molecule has 0 radical (unpaired) electrons. The van der Waals surface area contributed by atoms with Gasteiger partial charge in [0.25, 0.3) is 0 Å². The normalized spacial score (nSPS) is 17.5. The van der Waals surface area contributed by atoms with Crippen LogP contribution in [-0.4, -0.2) is 56.8 Å². The molecule has 0 saturated carbocycles. The lowest BCUT2D eigenvalue weighted by atomic mass is 10.1. The molecule has 4 N–H and O–H groups in total. The zero-order chi connectivity index (χ0) is 13.6. The van der Waals surface area contributed by atoms with Crippen LogP contribution in [0.25, 0.3) is 0 Å². The molecule has 4 unspecified atom stereocenters. The molecule has 0 aromatic rings. The average Bonchev–Trinajstić information content (AvgIpc) is 2.27. The van der Waals surface area contributed by atoms with Gasteiger partial charge in [-0.2, -0.15) is 0 Å². The highest BCUT2D eigenvalue weighted by Crippen LogP contribution is 2.10. The first-order valence-electron chi connectivity index (χ1n) is 4.57. The number of ether oxygens (including phenoxy) is 1. The third-order valence-electron chi connectivity index (χ3n) is 1.88. The van der Waals surface area contributed by atoms with Crippen molar-refractivity contribution in [1.82, 2.24) is 0 Å². The van der Waals surface area contributed by atoms with Crippen LogP contribution in [0.5, 0.6) is 0 Å². The molecule has 17 heavy (non-hydrogen) atoms. The van der Waals surface area contributed by atoms with Crippen LogP contribution in [0.1, 0.15) is 0 Å². The first kappa shape index (κ1) is 15.3. The Balaban J connectivity index is 4.92. The van der Waals surface area contributed by atoms with Gasteiger partial charge >= 0.3 is 11.9 Å². The fourth-order valence-corrected chi connectivity index (χ4v) is 0.975. The Bertz CT molecular complexity index is 282. The average molecular weight is 246 g/mol. The molecule has 4 atom stereocenters. The summed E-state index contributed by atoms with van der Waals surface area (Å²) in [6.07, 6.45) is -5.07. The van der Waals surface area contributed by atoms with Gasteiger partial charge in [-0.1, -0.05) is 12.2 Å². The van der Waals surface area contributed by atoms with E-state index < -0.39 is 36.4 Å². The Labute approximate surface area is 97.3 Å². The minimum absolute atomic E-state index is 0.887.